The topological polar surface area (TPSA) is 75.7 Å². The van der Waals surface area contributed by atoms with Gasteiger partial charge in [0.1, 0.15) is 5.84 Å². The summed E-state index contributed by atoms with van der Waals surface area (Å²) in [5, 5.41) is 11.7. The third-order valence-electron chi connectivity index (χ3n) is 3.24. The molecule has 0 spiro atoms. The number of hydrogen-bond donors (Lipinski definition) is 2. The summed E-state index contributed by atoms with van der Waals surface area (Å²) >= 11 is 0. The van der Waals surface area contributed by atoms with Crippen molar-refractivity contribution in [3.05, 3.63) is 71.3 Å². The second-order valence-corrected chi connectivity index (χ2v) is 4.57. The molecule has 0 amide bonds. The number of amidine groups is 1. The van der Waals surface area contributed by atoms with Gasteiger partial charge in [-0.25, -0.2) is 0 Å². The van der Waals surface area contributed by atoms with E-state index >= 15 is 0 Å². The number of nitrogens with zero attached hydrogens (tertiary/aromatic N) is 1. The summed E-state index contributed by atoms with van der Waals surface area (Å²) in [6, 6.07) is 16.3. The molecule has 0 saturated carbocycles. The van der Waals surface area contributed by atoms with Crippen LogP contribution in [0.4, 0.5) is 0 Å². The predicted molar refractivity (Wildman–Crippen MR) is 78.1 cm³/mol. The normalized spacial score (nSPS) is 12.9. The molecule has 102 valence electrons. The maximum absolute atomic E-state index is 12.3. The minimum absolute atomic E-state index is 0.0424. The molecule has 0 aliphatic heterocycles. The second kappa shape index (κ2) is 6.02. The van der Waals surface area contributed by atoms with Crippen molar-refractivity contribution in [1.29, 1.82) is 0 Å². The minimum atomic E-state index is -0.247. The summed E-state index contributed by atoms with van der Waals surface area (Å²) in [7, 11) is 0. The van der Waals surface area contributed by atoms with Crippen LogP contribution in [0.25, 0.3) is 0 Å². The zero-order chi connectivity index (χ0) is 14.5. The lowest BCUT2D eigenvalue weighted by molar-refractivity contribution is 0.103. The Kier molecular flexibility index (Phi) is 4.15. The van der Waals surface area contributed by atoms with Crippen LogP contribution in [0.2, 0.25) is 0 Å². The molecule has 0 aromatic heterocycles. The first kappa shape index (κ1) is 13.8. The molecule has 0 heterocycles. The van der Waals surface area contributed by atoms with Gasteiger partial charge in [0.2, 0.25) is 0 Å². The van der Waals surface area contributed by atoms with Crippen molar-refractivity contribution in [1.82, 2.24) is 0 Å². The van der Waals surface area contributed by atoms with Crippen LogP contribution in [0.5, 0.6) is 0 Å². The number of ketones is 1. The average Bonchev–Trinajstić information content (AvgIpc) is 2.53. The smallest absolute Gasteiger partial charge is 0.193 e. The van der Waals surface area contributed by atoms with Gasteiger partial charge in [-0.3, -0.25) is 4.79 Å². The van der Waals surface area contributed by atoms with Crippen LogP contribution in [0.15, 0.2) is 59.8 Å². The van der Waals surface area contributed by atoms with Gasteiger partial charge in [0.05, 0.1) is 0 Å². The maximum Gasteiger partial charge on any atom is 0.193 e. The van der Waals surface area contributed by atoms with Gasteiger partial charge < -0.3 is 10.9 Å². The predicted octanol–water partition coefficient (Wildman–Crippen LogP) is 2.77. The van der Waals surface area contributed by atoms with Crippen molar-refractivity contribution >= 4 is 11.6 Å². The Morgan fingerprint density at radius 2 is 1.75 bits per heavy atom. The molecule has 2 rings (SSSR count). The Bertz CT molecular complexity index is 636. The van der Waals surface area contributed by atoms with Crippen LogP contribution in [0.3, 0.4) is 0 Å². The molecule has 0 aliphatic rings. The van der Waals surface area contributed by atoms with Crippen LogP contribution in [0, 0.1) is 0 Å². The molecule has 1 atom stereocenters. The summed E-state index contributed by atoms with van der Waals surface area (Å²) in [5.74, 6) is -0.169. The highest BCUT2D eigenvalue weighted by Crippen LogP contribution is 2.18. The summed E-state index contributed by atoms with van der Waals surface area (Å²) in [4.78, 5) is 12.3. The number of hydrogen-bond acceptors (Lipinski definition) is 3. The van der Waals surface area contributed by atoms with E-state index in [9.17, 15) is 4.79 Å². The quantitative estimate of drug-likeness (QED) is 0.294. The lowest BCUT2D eigenvalue weighted by Gasteiger charge is -2.11. The summed E-state index contributed by atoms with van der Waals surface area (Å²) in [5.41, 5.74) is 7.67. The Hall–Kier alpha value is -2.62. The number of oxime groups is 1. The summed E-state index contributed by atoms with van der Waals surface area (Å²) in [6.45, 7) is 1.82. The second-order valence-electron chi connectivity index (χ2n) is 4.57. The van der Waals surface area contributed by atoms with E-state index in [1.54, 1.807) is 30.3 Å². The van der Waals surface area contributed by atoms with E-state index in [1.807, 2.05) is 31.2 Å². The standard InChI is InChI=1S/C16H16N2O2/c1-11(16(17)18-20)13-8-5-9-14(10-13)15(19)12-6-3-2-4-7-12/h2-11,20H,1H3,(H2,17,18). The highest BCUT2D eigenvalue weighted by atomic mass is 16.4. The molecule has 20 heavy (non-hydrogen) atoms. The maximum atomic E-state index is 12.3. The summed E-state index contributed by atoms with van der Waals surface area (Å²) < 4.78 is 0. The van der Waals surface area contributed by atoms with E-state index in [4.69, 9.17) is 10.9 Å². The van der Waals surface area contributed by atoms with Gasteiger partial charge in [0.15, 0.2) is 5.78 Å². The van der Waals surface area contributed by atoms with Crippen molar-refractivity contribution in [2.24, 2.45) is 10.9 Å². The fraction of sp³-hybridized carbons (Fsp3) is 0.125. The van der Waals surface area contributed by atoms with Gasteiger partial charge >= 0.3 is 0 Å². The van der Waals surface area contributed by atoms with Crippen molar-refractivity contribution in [3.8, 4) is 0 Å². The molecule has 2 aromatic rings. The van der Waals surface area contributed by atoms with Gasteiger partial charge in [-0.15, -0.1) is 0 Å². The monoisotopic (exact) mass is 268 g/mol. The summed E-state index contributed by atoms with van der Waals surface area (Å²) in [6.07, 6.45) is 0. The molecule has 0 saturated heterocycles. The number of benzene rings is 2. The van der Waals surface area contributed by atoms with E-state index < -0.39 is 0 Å². The number of carbonyl (C=O) groups excluding carboxylic acids is 1. The number of rotatable bonds is 4. The third-order valence-corrected chi connectivity index (χ3v) is 3.24. The SMILES string of the molecule is CC(/C(N)=N/O)c1cccc(C(=O)c2ccccc2)c1. The zero-order valence-electron chi connectivity index (χ0n) is 11.2. The van der Waals surface area contributed by atoms with Crippen LogP contribution in [0.1, 0.15) is 34.3 Å². The largest absolute Gasteiger partial charge is 0.409 e. The molecule has 1 unspecified atom stereocenters. The van der Waals surface area contributed by atoms with Gasteiger partial charge in [-0.1, -0.05) is 60.6 Å². The van der Waals surface area contributed by atoms with E-state index in [0.717, 1.165) is 5.56 Å². The molecule has 3 N–H and O–H groups in total. The Balaban J connectivity index is 2.33. The highest BCUT2D eigenvalue weighted by Gasteiger charge is 2.14. The molecule has 0 radical (unpaired) electrons. The van der Waals surface area contributed by atoms with Crippen molar-refractivity contribution in [2.45, 2.75) is 12.8 Å². The molecule has 4 nitrogen and oxygen atoms in total. The minimum Gasteiger partial charge on any atom is -0.409 e. The van der Waals surface area contributed by atoms with Gasteiger partial charge in [-0.05, 0) is 11.6 Å². The number of nitrogens with two attached hydrogens (primary N) is 1. The van der Waals surface area contributed by atoms with Crippen LogP contribution >= 0.6 is 0 Å². The lowest BCUT2D eigenvalue weighted by Crippen LogP contribution is -2.19. The molecular weight excluding hydrogens is 252 g/mol. The van der Waals surface area contributed by atoms with E-state index in [1.165, 1.54) is 0 Å². The highest BCUT2D eigenvalue weighted by molar-refractivity contribution is 6.09. The Morgan fingerprint density at radius 3 is 2.40 bits per heavy atom. The molecule has 0 bridgehead atoms. The average molecular weight is 268 g/mol. The van der Waals surface area contributed by atoms with Crippen LogP contribution in [-0.2, 0) is 0 Å². The first-order chi connectivity index (χ1) is 9.63. The van der Waals surface area contributed by atoms with Crippen molar-refractivity contribution in [2.75, 3.05) is 0 Å². The van der Waals surface area contributed by atoms with E-state index in [-0.39, 0.29) is 17.5 Å². The molecular formula is C16H16N2O2. The fourth-order valence-electron chi connectivity index (χ4n) is 1.96. The molecule has 4 heteroatoms. The van der Waals surface area contributed by atoms with Gasteiger partial charge in [0, 0.05) is 17.0 Å². The van der Waals surface area contributed by atoms with Crippen molar-refractivity contribution in [3.63, 3.8) is 0 Å². The molecule has 0 aliphatic carbocycles. The zero-order valence-corrected chi connectivity index (χ0v) is 11.2. The number of carbonyl (C=O) groups is 1. The Morgan fingerprint density at radius 1 is 1.10 bits per heavy atom. The third kappa shape index (κ3) is 2.85. The Labute approximate surface area is 117 Å². The van der Waals surface area contributed by atoms with Gasteiger partial charge in [0.25, 0.3) is 0 Å². The first-order valence-electron chi connectivity index (χ1n) is 6.30. The van der Waals surface area contributed by atoms with Gasteiger partial charge in [-0.2, -0.15) is 0 Å². The van der Waals surface area contributed by atoms with Crippen molar-refractivity contribution < 1.29 is 10.0 Å². The van der Waals surface area contributed by atoms with E-state index in [2.05, 4.69) is 5.16 Å². The molecule has 0 fully saturated rings. The molecule has 2 aromatic carbocycles. The van der Waals surface area contributed by atoms with Crippen LogP contribution < -0.4 is 5.73 Å². The lowest BCUT2D eigenvalue weighted by atomic mass is 9.95. The first-order valence-corrected chi connectivity index (χ1v) is 6.30. The van der Waals surface area contributed by atoms with E-state index in [0.29, 0.717) is 11.1 Å². The fourth-order valence-corrected chi connectivity index (χ4v) is 1.96. The van der Waals surface area contributed by atoms with Crippen LogP contribution in [-0.4, -0.2) is 16.8 Å².